The van der Waals surface area contributed by atoms with Crippen LogP contribution < -0.4 is 5.43 Å². The molecule has 1 amide bonds. The van der Waals surface area contributed by atoms with Crippen molar-refractivity contribution in [3.05, 3.63) is 72.4 Å². The van der Waals surface area contributed by atoms with Crippen LogP contribution in [0.1, 0.15) is 12.5 Å². The lowest BCUT2D eigenvalue weighted by Crippen LogP contribution is -2.24. The Hall–Kier alpha value is -2.88. The lowest BCUT2D eigenvalue weighted by molar-refractivity contribution is -0.121. The smallest absolute Gasteiger partial charge is 0.259 e. The quantitative estimate of drug-likeness (QED) is 0.570. The first kappa shape index (κ1) is 15.0. The largest absolute Gasteiger partial charge is 0.338 e. The Balaban J connectivity index is 1.60. The first-order valence-corrected chi connectivity index (χ1v) is 7.62. The summed E-state index contributed by atoms with van der Waals surface area (Å²) >= 11 is 0. The predicted octanol–water partition coefficient (Wildman–Crippen LogP) is 3.38. The summed E-state index contributed by atoms with van der Waals surface area (Å²) in [4.78, 5) is 12.1. The van der Waals surface area contributed by atoms with E-state index >= 15 is 0 Å². The number of nitrogens with zero attached hydrogens (tertiary/aromatic N) is 2. The fourth-order valence-electron chi connectivity index (χ4n) is 2.56. The van der Waals surface area contributed by atoms with E-state index in [0.29, 0.717) is 0 Å². The topological polar surface area (TPSA) is 46.4 Å². The molecule has 0 atom stereocenters. The molecule has 3 aromatic rings. The van der Waals surface area contributed by atoms with Crippen molar-refractivity contribution in [2.45, 2.75) is 19.9 Å². The van der Waals surface area contributed by atoms with Crippen LogP contribution in [-0.2, 0) is 17.8 Å². The third-order valence-corrected chi connectivity index (χ3v) is 3.67. The van der Waals surface area contributed by atoms with Gasteiger partial charge in [0.2, 0.25) is 0 Å². The number of hydrogen-bond acceptors (Lipinski definition) is 2. The third kappa shape index (κ3) is 3.86. The van der Waals surface area contributed by atoms with Gasteiger partial charge in [-0.1, -0.05) is 48.5 Å². The van der Waals surface area contributed by atoms with Crippen LogP contribution in [0.3, 0.4) is 0 Å². The Morgan fingerprint density at radius 1 is 1.04 bits per heavy atom. The van der Waals surface area contributed by atoms with E-state index in [0.717, 1.165) is 23.0 Å². The van der Waals surface area contributed by atoms with Gasteiger partial charge in [-0.2, -0.15) is 5.10 Å². The van der Waals surface area contributed by atoms with E-state index in [4.69, 9.17) is 0 Å². The second-order valence-electron chi connectivity index (χ2n) is 5.55. The van der Waals surface area contributed by atoms with Crippen LogP contribution in [0, 0.1) is 0 Å². The van der Waals surface area contributed by atoms with Crippen molar-refractivity contribution in [1.82, 2.24) is 9.99 Å². The molecule has 0 aliphatic rings. The molecule has 23 heavy (non-hydrogen) atoms. The first-order valence-electron chi connectivity index (χ1n) is 7.62. The lowest BCUT2D eigenvalue weighted by atomic mass is 10.1. The van der Waals surface area contributed by atoms with E-state index in [1.807, 2.05) is 78.4 Å². The molecule has 4 nitrogen and oxygen atoms in total. The van der Waals surface area contributed by atoms with Gasteiger partial charge in [-0.15, -0.1) is 0 Å². The van der Waals surface area contributed by atoms with Crippen molar-refractivity contribution in [1.29, 1.82) is 0 Å². The number of carbonyl (C=O) groups is 1. The number of hydrogen-bond donors (Lipinski definition) is 1. The highest BCUT2D eigenvalue weighted by atomic mass is 16.2. The Kier molecular flexibility index (Phi) is 4.52. The van der Waals surface area contributed by atoms with E-state index in [1.165, 1.54) is 5.56 Å². The zero-order valence-corrected chi connectivity index (χ0v) is 13.1. The number of benzene rings is 2. The zero-order chi connectivity index (χ0) is 16.1. The predicted molar refractivity (Wildman–Crippen MR) is 93.3 cm³/mol. The molecule has 1 aromatic heterocycles. The van der Waals surface area contributed by atoms with Crippen molar-refractivity contribution in [3.63, 3.8) is 0 Å². The maximum absolute atomic E-state index is 12.1. The molecule has 0 fully saturated rings. The number of amides is 1. The van der Waals surface area contributed by atoms with Crippen molar-refractivity contribution in [2.75, 3.05) is 0 Å². The van der Waals surface area contributed by atoms with Crippen molar-refractivity contribution >= 4 is 22.5 Å². The Morgan fingerprint density at radius 3 is 2.61 bits per heavy atom. The van der Waals surface area contributed by atoms with Gasteiger partial charge in [-0.25, -0.2) is 5.43 Å². The number of hydrazone groups is 1. The molecule has 0 aliphatic heterocycles. The molecule has 0 saturated heterocycles. The number of aromatic nitrogens is 1. The number of fused-ring (bicyclic) bond motifs is 1. The van der Waals surface area contributed by atoms with Crippen LogP contribution in [0.5, 0.6) is 0 Å². The van der Waals surface area contributed by atoms with Crippen molar-refractivity contribution in [2.24, 2.45) is 5.10 Å². The monoisotopic (exact) mass is 305 g/mol. The fraction of sp³-hybridized carbons (Fsp3) is 0.158. The molecule has 3 rings (SSSR count). The minimum atomic E-state index is -0.126. The van der Waals surface area contributed by atoms with Gasteiger partial charge in [-0.05, 0) is 30.0 Å². The van der Waals surface area contributed by atoms with E-state index in [2.05, 4.69) is 10.5 Å². The van der Waals surface area contributed by atoms with Crippen LogP contribution in [0.4, 0.5) is 0 Å². The average molecular weight is 305 g/mol. The van der Waals surface area contributed by atoms with Gasteiger partial charge in [0.05, 0.1) is 0 Å². The fourth-order valence-corrected chi connectivity index (χ4v) is 2.56. The molecule has 1 heterocycles. The Labute approximate surface area is 135 Å². The number of nitrogens with one attached hydrogen (secondary N) is 1. The van der Waals surface area contributed by atoms with Gasteiger partial charge in [0, 0.05) is 23.8 Å². The van der Waals surface area contributed by atoms with E-state index in [1.54, 1.807) is 0 Å². The van der Waals surface area contributed by atoms with Gasteiger partial charge in [-0.3, -0.25) is 4.79 Å². The minimum absolute atomic E-state index is 0.126. The summed E-state index contributed by atoms with van der Waals surface area (Å²) in [7, 11) is 0. The number of carbonyl (C=O) groups excluding carboxylic acids is 1. The van der Waals surface area contributed by atoms with Crippen LogP contribution >= 0.6 is 0 Å². The van der Waals surface area contributed by atoms with Gasteiger partial charge in [0.25, 0.3) is 5.91 Å². The highest BCUT2D eigenvalue weighted by molar-refractivity contribution is 5.87. The summed E-state index contributed by atoms with van der Waals surface area (Å²) in [5.74, 6) is -0.126. The standard InChI is InChI=1S/C19H19N3O/c1-15(13-16-7-3-2-4-8-16)20-21-19(23)14-22-12-11-17-9-5-6-10-18(17)22/h2-12H,13-14H2,1H3,(H,21,23). The SMILES string of the molecule is CC(Cc1ccccc1)=NNC(=O)Cn1ccc2ccccc21. The summed E-state index contributed by atoms with van der Waals surface area (Å²) in [6.45, 7) is 2.17. The minimum Gasteiger partial charge on any atom is -0.338 e. The second-order valence-corrected chi connectivity index (χ2v) is 5.55. The third-order valence-electron chi connectivity index (χ3n) is 3.67. The number of rotatable bonds is 5. The molecule has 0 unspecified atom stereocenters. The maximum Gasteiger partial charge on any atom is 0.259 e. The second kappa shape index (κ2) is 6.92. The molecule has 0 aliphatic carbocycles. The van der Waals surface area contributed by atoms with Gasteiger partial charge >= 0.3 is 0 Å². The average Bonchev–Trinajstić information content (AvgIpc) is 2.97. The van der Waals surface area contributed by atoms with Crippen LogP contribution in [0.15, 0.2) is 72.0 Å². The first-order chi connectivity index (χ1) is 11.2. The molecule has 0 saturated carbocycles. The van der Waals surface area contributed by atoms with E-state index in [9.17, 15) is 4.79 Å². The van der Waals surface area contributed by atoms with E-state index < -0.39 is 0 Å². The molecule has 1 N–H and O–H groups in total. The molecule has 0 spiro atoms. The van der Waals surface area contributed by atoms with Gasteiger partial charge in [0.15, 0.2) is 0 Å². The zero-order valence-electron chi connectivity index (χ0n) is 13.1. The lowest BCUT2D eigenvalue weighted by Gasteiger charge is -2.05. The highest BCUT2D eigenvalue weighted by Crippen LogP contribution is 2.14. The Bertz CT molecular complexity index is 834. The molecular weight excluding hydrogens is 286 g/mol. The normalized spacial score (nSPS) is 11.6. The Morgan fingerprint density at radius 2 is 1.78 bits per heavy atom. The summed E-state index contributed by atoms with van der Waals surface area (Å²) in [5.41, 5.74) is 5.74. The summed E-state index contributed by atoms with van der Waals surface area (Å²) < 4.78 is 1.92. The summed E-state index contributed by atoms with van der Waals surface area (Å²) in [6, 6.07) is 20.1. The molecule has 116 valence electrons. The molecule has 2 aromatic carbocycles. The van der Waals surface area contributed by atoms with Crippen LogP contribution in [-0.4, -0.2) is 16.2 Å². The molecule has 4 heteroatoms. The van der Waals surface area contributed by atoms with Gasteiger partial charge in [0.1, 0.15) is 6.54 Å². The number of para-hydroxylation sites is 1. The highest BCUT2D eigenvalue weighted by Gasteiger charge is 2.05. The van der Waals surface area contributed by atoms with Gasteiger partial charge < -0.3 is 4.57 Å². The van der Waals surface area contributed by atoms with Crippen LogP contribution in [0.25, 0.3) is 10.9 Å². The molecule has 0 bridgehead atoms. The molecular formula is C19H19N3O. The van der Waals surface area contributed by atoms with Crippen molar-refractivity contribution in [3.8, 4) is 0 Å². The molecule has 0 radical (unpaired) electrons. The summed E-state index contributed by atoms with van der Waals surface area (Å²) in [6.07, 6.45) is 2.65. The van der Waals surface area contributed by atoms with Crippen LogP contribution in [0.2, 0.25) is 0 Å². The summed E-state index contributed by atoms with van der Waals surface area (Å²) in [5, 5.41) is 5.31. The maximum atomic E-state index is 12.1. The van der Waals surface area contributed by atoms with E-state index in [-0.39, 0.29) is 12.5 Å². The van der Waals surface area contributed by atoms with Crippen molar-refractivity contribution < 1.29 is 4.79 Å².